The molecule has 4 heteroatoms. The maximum Gasteiger partial charge on any atom is 0.222 e. The van der Waals surface area contributed by atoms with Crippen LogP contribution in [0.3, 0.4) is 0 Å². The lowest BCUT2D eigenvalue weighted by Gasteiger charge is -2.20. The Morgan fingerprint density at radius 3 is 2.24 bits per heavy atom. The highest BCUT2D eigenvalue weighted by molar-refractivity contribution is 5.85. The molecule has 2 aliphatic heterocycles. The topological polar surface area (TPSA) is 32.3 Å². The van der Waals surface area contributed by atoms with E-state index >= 15 is 0 Å². The van der Waals surface area contributed by atoms with E-state index in [0.29, 0.717) is 11.8 Å². The van der Waals surface area contributed by atoms with E-state index in [-0.39, 0.29) is 12.4 Å². The second-order valence-electron chi connectivity index (χ2n) is 5.36. The predicted molar refractivity (Wildman–Crippen MR) is 72.4 cm³/mol. The van der Waals surface area contributed by atoms with E-state index in [2.05, 4.69) is 24.1 Å². The Hall–Kier alpha value is -0.280. The third-order valence-electron chi connectivity index (χ3n) is 4.36. The quantitative estimate of drug-likeness (QED) is 0.838. The fourth-order valence-electron chi connectivity index (χ4n) is 3.01. The summed E-state index contributed by atoms with van der Waals surface area (Å²) in [5, 5.41) is 3.41. The number of likely N-dealkylation sites (tertiary alicyclic amines) is 1. The highest BCUT2D eigenvalue weighted by Crippen LogP contribution is 2.27. The van der Waals surface area contributed by atoms with Crippen LogP contribution >= 0.6 is 12.4 Å². The van der Waals surface area contributed by atoms with Crippen molar-refractivity contribution in [3.8, 4) is 0 Å². The van der Waals surface area contributed by atoms with Crippen LogP contribution in [-0.2, 0) is 4.79 Å². The lowest BCUT2D eigenvalue weighted by Crippen LogP contribution is -2.32. The zero-order valence-corrected chi connectivity index (χ0v) is 11.8. The van der Waals surface area contributed by atoms with E-state index < -0.39 is 0 Å². The Morgan fingerprint density at radius 1 is 1.24 bits per heavy atom. The first-order chi connectivity index (χ1) is 7.74. The van der Waals surface area contributed by atoms with Gasteiger partial charge in [0, 0.05) is 32.6 Å². The number of nitrogens with one attached hydrogen (secondary N) is 1. The van der Waals surface area contributed by atoms with Gasteiger partial charge >= 0.3 is 0 Å². The van der Waals surface area contributed by atoms with Gasteiger partial charge in [0.2, 0.25) is 5.91 Å². The predicted octanol–water partition coefficient (Wildman–Crippen LogP) is 1.91. The molecule has 0 aromatic heterocycles. The van der Waals surface area contributed by atoms with Gasteiger partial charge in [-0.05, 0) is 17.8 Å². The number of fused-ring (bicyclic) bond motifs is 1. The number of hydrogen-bond donors (Lipinski definition) is 1. The fraction of sp³-hybridized carbons (Fsp3) is 0.923. The van der Waals surface area contributed by atoms with Crippen LogP contribution < -0.4 is 5.32 Å². The average molecular weight is 261 g/mol. The van der Waals surface area contributed by atoms with Crippen LogP contribution in [0, 0.1) is 17.8 Å². The van der Waals surface area contributed by atoms with E-state index in [0.717, 1.165) is 57.3 Å². The van der Waals surface area contributed by atoms with Crippen molar-refractivity contribution >= 4 is 18.3 Å². The van der Waals surface area contributed by atoms with Gasteiger partial charge in [-0.1, -0.05) is 26.7 Å². The normalized spacial score (nSPS) is 27.1. The van der Waals surface area contributed by atoms with Crippen molar-refractivity contribution in [1.82, 2.24) is 10.2 Å². The second-order valence-corrected chi connectivity index (χ2v) is 5.36. The molecular weight excluding hydrogens is 236 g/mol. The third-order valence-corrected chi connectivity index (χ3v) is 4.36. The number of amides is 1. The first kappa shape index (κ1) is 14.8. The molecular formula is C13H25ClN2O. The summed E-state index contributed by atoms with van der Waals surface area (Å²) in [7, 11) is 0. The van der Waals surface area contributed by atoms with Crippen molar-refractivity contribution in [3.63, 3.8) is 0 Å². The van der Waals surface area contributed by atoms with Crippen molar-refractivity contribution in [2.45, 2.75) is 33.1 Å². The van der Waals surface area contributed by atoms with Crippen molar-refractivity contribution in [1.29, 1.82) is 0 Å². The Labute approximate surface area is 111 Å². The molecule has 1 N–H and O–H groups in total. The molecule has 0 saturated carbocycles. The summed E-state index contributed by atoms with van der Waals surface area (Å²) in [6.45, 7) is 8.58. The van der Waals surface area contributed by atoms with Gasteiger partial charge in [0.05, 0.1) is 0 Å². The number of carbonyl (C=O) groups excluding carboxylic acids is 1. The molecule has 3 nitrogen and oxygen atoms in total. The van der Waals surface area contributed by atoms with Gasteiger partial charge in [0.1, 0.15) is 0 Å². The van der Waals surface area contributed by atoms with Crippen LogP contribution in [0.25, 0.3) is 0 Å². The minimum absolute atomic E-state index is 0. The van der Waals surface area contributed by atoms with E-state index in [1.54, 1.807) is 0 Å². The largest absolute Gasteiger partial charge is 0.342 e. The molecule has 0 unspecified atom stereocenters. The molecule has 2 saturated heterocycles. The fourth-order valence-corrected chi connectivity index (χ4v) is 3.01. The van der Waals surface area contributed by atoms with Gasteiger partial charge in [-0.3, -0.25) is 4.79 Å². The summed E-state index contributed by atoms with van der Waals surface area (Å²) in [5.74, 6) is 2.44. The molecule has 0 aromatic carbocycles. The second kappa shape index (κ2) is 6.60. The summed E-state index contributed by atoms with van der Waals surface area (Å²) in [6, 6.07) is 0. The molecule has 0 aliphatic carbocycles. The highest BCUT2D eigenvalue weighted by atomic mass is 35.5. The first-order valence-electron chi connectivity index (χ1n) is 6.73. The Morgan fingerprint density at radius 2 is 1.76 bits per heavy atom. The molecule has 2 heterocycles. The zero-order valence-electron chi connectivity index (χ0n) is 10.9. The molecule has 2 aliphatic rings. The van der Waals surface area contributed by atoms with E-state index in [1.165, 1.54) is 0 Å². The molecule has 17 heavy (non-hydrogen) atoms. The van der Waals surface area contributed by atoms with Crippen LogP contribution in [0.2, 0.25) is 0 Å². The van der Waals surface area contributed by atoms with Crippen molar-refractivity contribution < 1.29 is 4.79 Å². The van der Waals surface area contributed by atoms with Crippen LogP contribution in [0.5, 0.6) is 0 Å². The van der Waals surface area contributed by atoms with E-state index in [4.69, 9.17) is 0 Å². The maximum absolute atomic E-state index is 12.1. The van der Waals surface area contributed by atoms with Gasteiger partial charge in [0.25, 0.3) is 0 Å². The number of rotatable bonds is 4. The molecule has 2 fully saturated rings. The van der Waals surface area contributed by atoms with Crippen molar-refractivity contribution in [3.05, 3.63) is 0 Å². The summed E-state index contributed by atoms with van der Waals surface area (Å²) >= 11 is 0. The lowest BCUT2D eigenvalue weighted by molar-refractivity contribution is -0.131. The molecule has 2 rings (SSSR count). The molecule has 2 atom stereocenters. The SMILES string of the molecule is CCC(CC)CC(=O)N1C[C@H]2CNC[C@H]2C1.Cl. The maximum atomic E-state index is 12.1. The van der Waals surface area contributed by atoms with Crippen molar-refractivity contribution in [2.24, 2.45) is 17.8 Å². The minimum Gasteiger partial charge on any atom is -0.342 e. The number of carbonyl (C=O) groups is 1. The molecule has 0 bridgehead atoms. The lowest BCUT2D eigenvalue weighted by atomic mass is 9.99. The molecule has 100 valence electrons. The van der Waals surface area contributed by atoms with Gasteiger partial charge in [-0.15, -0.1) is 12.4 Å². The zero-order chi connectivity index (χ0) is 11.5. The smallest absolute Gasteiger partial charge is 0.222 e. The van der Waals surface area contributed by atoms with Gasteiger partial charge in [-0.2, -0.15) is 0 Å². The minimum atomic E-state index is 0. The van der Waals surface area contributed by atoms with Gasteiger partial charge in [-0.25, -0.2) is 0 Å². The van der Waals surface area contributed by atoms with Crippen LogP contribution in [0.1, 0.15) is 33.1 Å². The summed E-state index contributed by atoms with van der Waals surface area (Å²) in [6.07, 6.45) is 3.02. The Balaban J connectivity index is 0.00000144. The van der Waals surface area contributed by atoms with Crippen molar-refractivity contribution in [2.75, 3.05) is 26.2 Å². The van der Waals surface area contributed by atoms with Crippen LogP contribution in [0.15, 0.2) is 0 Å². The number of hydrogen-bond acceptors (Lipinski definition) is 2. The number of halogens is 1. The summed E-state index contributed by atoms with van der Waals surface area (Å²) in [4.78, 5) is 14.2. The summed E-state index contributed by atoms with van der Waals surface area (Å²) < 4.78 is 0. The number of nitrogens with zero attached hydrogens (tertiary/aromatic N) is 1. The highest BCUT2D eigenvalue weighted by Gasteiger charge is 2.37. The molecule has 0 spiro atoms. The monoisotopic (exact) mass is 260 g/mol. The average Bonchev–Trinajstić information content (AvgIpc) is 2.85. The Bertz CT molecular complexity index is 244. The van der Waals surface area contributed by atoms with E-state index in [9.17, 15) is 4.79 Å². The summed E-state index contributed by atoms with van der Waals surface area (Å²) in [5.41, 5.74) is 0. The van der Waals surface area contributed by atoms with Gasteiger partial charge in [0.15, 0.2) is 0 Å². The Kier molecular flexibility index (Phi) is 5.74. The standard InChI is InChI=1S/C13H24N2O.ClH/c1-3-10(4-2)5-13(16)15-8-11-6-14-7-12(11)9-15;/h10-12,14H,3-9H2,1-2H3;1H/t11-,12+;. The molecule has 0 radical (unpaired) electrons. The third kappa shape index (κ3) is 3.35. The van der Waals surface area contributed by atoms with Gasteiger partial charge < -0.3 is 10.2 Å². The molecule has 1 amide bonds. The first-order valence-corrected chi connectivity index (χ1v) is 6.73. The van der Waals surface area contributed by atoms with Crippen LogP contribution in [0.4, 0.5) is 0 Å². The van der Waals surface area contributed by atoms with E-state index in [1.807, 2.05) is 0 Å². The molecule has 0 aromatic rings. The van der Waals surface area contributed by atoms with Crippen LogP contribution in [-0.4, -0.2) is 37.0 Å².